The van der Waals surface area contributed by atoms with E-state index in [-0.39, 0.29) is 16.9 Å². The van der Waals surface area contributed by atoms with E-state index >= 15 is 0 Å². The number of hydrogen-bond donors (Lipinski definition) is 3. The van der Waals surface area contributed by atoms with Crippen molar-refractivity contribution in [2.24, 2.45) is 11.1 Å². The van der Waals surface area contributed by atoms with Crippen LogP contribution in [0.5, 0.6) is 0 Å². The Morgan fingerprint density at radius 1 is 1.40 bits per heavy atom. The van der Waals surface area contributed by atoms with E-state index in [1.54, 1.807) is 6.07 Å². The summed E-state index contributed by atoms with van der Waals surface area (Å²) in [4.78, 5) is 23.1. The third kappa shape index (κ3) is 2.99. The zero-order valence-corrected chi connectivity index (χ0v) is 11.6. The zero-order chi connectivity index (χ0) is 14.8. The second kappa shape index (κ2) is 5.63. The van der Waals surface area contributed by atoms with Gasteiger partial charge in [0.05, 0.1) is 5.56 Å². The molecule has 5 heteroatoms. The highest BCUT2D eigenvalue weighted by atomic mass is 16.4. The minimum atomic E-state index is -1.00. The van der Waals surface area contributed by atoms with Crippen LogP contribution < -0.4 is 11.1 Å². The maximum Gasteiger partial charge on any atom is 0.335 e. The SMILES string of the molecule is Cc1ccc(C(=O)O)cc1NC(=O)CC1(CN)CCC1. The van der Waals surface area contributed by atoms with Crippen molar-refractivity contribution >= 4 is 17.6 Å². The lowest BCUT2D eigenvalue weighted by Gasteiger charge is -2.40. The number of carboxylic acids is 1. The maximum atomic E-state index is 12.1. The lowest BCUT2D eigenvalue weighted by Crippen LogP contribution is -2.40. The summed E-state index contributed by atoms with van der Waals surface area (Å²) in [5, 5.41) is 11.8. The van der Waals surface area contributed by atoms with Crippen molar-refractivity contribution < 1.29 is 14.7 Å². The summed E-state index contributed by atoms with van der Waals surface area (Å²) in [7, 11) is 0. The average Bonchev–Trinajstić information content (AvgIpc) is 2.36. The molecule has 0 aromatic heterocycles. The molecule has 0 spiro atoms. The molecule has 0 aliphatic heterocycles. The lowest BCUT2D eigenvalue weighted by molar-refractivity contribution is -0.119. The highest BCUT2D eigenvalue weighted by molar-refractivity contribution is 5.95. The van der Waals surface area contributed by atoms with Gasteiger partial charge in [0.15, 0.2) is 0 Å². The van der Waals surface area contributed by atoms with Crippen LogP contribution in [0.3, 0.4) is 0 Å². The van der Waals surface area contributed by atoms with Crippen molar-refractivity contribution in [1.82, 2.24) is 0 Å². The topological polar surface area (TPSA) is 92.4 Å². The second-order valence-corrected chi connectivity index (χ2v) is 5.62. The number of aromatic carboxylic acids is 1. The Hall–Kier alpha value is -1.88. The molecule has 0 radical (unpaired) electrons. The molecule has 2 rings (SSSR count). The first-order chi connectivity index (χ1) is 9.46. The number of amides is 1. The Morgan fingerprint density at radius 2 is 2.10 bits per heavy atom. The number of nitrogens with one attached hydrogen (secondary N) is 1. The van der Waals surface area contributed by atoms with E-state index in [0.29, 0.717) is 18.7 Å². The molecule has 1 amide bonds. The largest absolute Gasteiger partial charge is 0.478 e. The van der Waals surface area contributed by atoms with Crippen LogP contribution in [0.4, 0.5) is 5.69 Å². The molecule has 1 fully saturated rings. The highest BCUT2D eigenvalue weighted by Crippen LogP contribution is 2.43. The average molecular weight is 276 g/mol. The molecular formula is C15H20N2O3. The van der Waals surface area contributed by atoms with E-state index in [4.69, 9.17) is 10.8 Å². The Bertz CT molecular complexity index is 530. The van der Waals surface area contributed by atoms with Crippen LogP contribution in [-0.4, -0.2) is 23.5 Å². The van der Waals surface area contributed by atoms with Crippen molar-refractivity contribution in [2.45, 2.75) is 32.6 Å². The maximum absolute atomic E-state index is 12.1. The Morgan fingerprint density at radius 3 is 2.60 bits per heavy atom. The quantitative estimate of drug-likeness (QED) is 0.768. The molecule has 1 saturated carbocycles. The van der Waals surface area contributed by atoms with Crippen molar-refractivity contribution in [3.63, 3.8) is 0 Å². The van der Waals surface area contributed by atoms with E-state index in [1.165, 1.54) is 12.1 Å². The van der Waals surface area contributed by atoms with Crippen LogP contribution in [0, 0.1) is 12.3 Å². The minimum Gasteiger partial charge on any atom is -0.478 e. The predicted molar refractivity (Wildman–Crippen MR) is 76.7 cm³/mol. The molecule has 1 aromatic rings. The number of nitrogens with two attached hydrogens (primary N) is 1. The molecule has 0 atom stereocenters. The van der Waals surface area contributed by atoms with E-state index in [2.05, 4.69) is 5.32 Å². The first kappa shape index (κ1) is 14.5. The Balaban J connectivity index is 2.07. The number of carbonyl (C=O) groups is 2. The van der Waals surface area contributed by atoms with Crippen LogP contribution in [0.15, 0.2) is 18.2 Å². The van der Waals surface area contributed by atoms with Crippen LogP contribution in [0.1, 0.15) is 41.6 Å². The van der Waals surface area contributed by atoms with Crippen LogP contribution in [0.25, 0.3) is 0 Å². The summed E-state index contributed by atoms with van der Waals surface area (Å²) in [6.45, 7) is 2.36. The van der Waals surface area contributed by atoms with Crippen LogP contribution in [-0.2, 0) is 4.79 Å². The molecule has 108 valence electrons. The second-order valence-electron chi connectivity index (χ2n) is 5.62. The molecule has 0 saturated heterocycles. The number of benzene rings is 1. The molecule has 0 unspecified atom stereocenters. The van der Waals surface area contributed by atoms with Gasteiger partial charge in [-0.2, -0.15) is 0 Å². The molecule has 1 aromatic carbocycles. The van der Waals surface area contributed by atoms with Gasteiger partial charge in [0, 0.05) is 12.1 Å². The number of rotatable bonds is 5. The summed E-state index contributed by atoms with van der Waals surface area (Å²) < 4.78 is 0. The van der Waals surface area contributed by atoms with E-state index in [0.717, 1.165) is 24.8 Å². The summed E-state index contributed by atoms with van der Waals surface area (Å²) >= 11 is 0. The van der Waals surface area contributed by atoms with Crippen molar-refractivity contribution in [2.75, 3.05) is 11.9 Å². The molecule has 5 nitrogen and oxygen atoms in total. The smallest absolute Gasteiger partial charge is 0.335 e. The highest BCUT2D eigenvalue weighted by Gasteiger charge is 2.37. The lowest BCUT2D eigenvalue weighted by atomic mass is 9.66. The third-order valence-electron chi connectivity index (χ3n) is 4.14. The fourth-order valence-electron chi connectivity index (χ4n) is 2.55. The third-order valence-corrected chi connectivity index (χ3v) is 4.14. The van der Waals surface area contributed by atoms with E-state index in [1.807, 2.05) is 6.92 Å². The number of carbonyl (C=O) groups excluding carboxylic acids is 1. The first-order valence-corrected chi connectivity index (χ1v) is 6.80. The van der Waals surface area contributed by atoms with Gasteiger partial charge >= 0.3 is 5.97 Å². The van der Waals surface area contributed by atoms with Gasteiger partial charge in [0.2, 0.25) is 5.91 Å². The number of hydrogen-bond acceptors (Lipinski definition) is 3. The first-order valence-electron chi connectivity index (χ1n) is 6.80. The zero-order valence-electron chi connectivity index (χ0n) is 11.6. The molecule has 1 aliphatic rings. The minimum absolute atomic E-state index is 0.0532. The Kier molecular flexibility index (Phi) is 4.09. The normalized spacial score (nSPS) is 16.3. The van der Waals surface area contributed by atoms with Gasteiger partial charge in [-0.05, 0) is 49.4 Å². The van der Waals surface area contributed by atoms with Gasteiger partial charge in [-0.25, -0.2) is 4.79 Å². The fourth-order valence-corrected chi connectivity index (χ4v) is 2.55. The van der Waals surface area contributed by atoms with Gasteiger partial charge in [-0.15, -0.1) is 0 Å². The van der Waals surface area contributed by atoms with E-state index in [9.17, 15) is 9.59 Å². The summed E-state index contributed by atoms with van der Waals surface area (Å²) in [6.07, 6.45) is 3.51. The van der Waals surface area contributed by atoms with Gasteiger partial charge < -0.3 is 16.2 Å². The van der Waals surface area contributed by atoms with Gasteiger partial charge in [0.1, 0.15) is 0 Å². The number of anilines is 1. The van der Waals surface area contributed by atoms with Crippen LogP contribution >= 0.6 is 0 Å². The van der Waals surface area contributed by atoms with Gasteiger partial charge in [-0.3, -0.25) is 4.79 Å². The van der Waals surface area contributed by atoms with Crippen molar-refractivity contribution in [3.05, 3.63) is 29.3 Å². The predicted octanol–water partition coefficient (Wildman–Crippen LogP) is 2.15. The summed E-state index contributed by atoms with van der Waals surface area (Å²) in [6, 6.07) is 4.72. The molecule has 20 heavy (non-hydrogen) atoms. The molecule has 0 bridgehead atoms. The standard InChI is InChI=1S/C15H20N2O3/c1-10-3-4-11(14(19)20)7-12(10)17-13(18)8-15(9-16)5-2-6-15/h3-4,7H,2,5-6,8-9,16H2,1H3,(H,17,18)(H,19,20). The number of carboxylic acid groups (broad SMARTS) is 1. The monoisotopic (exact) mass is 276 g/mol. The van der Waals surface area contributed by atoms with Gasteiger partial charge in [-0.1, -0.05) is 12.5 Å². The fraction of sp³-hybridized carbons (Fsp3) is 0.467. The molecule has 1 aliphatic carbocycles. The Labute approximate surface area is 118 Å². The molecular weight excluding hydrogens is 256 g/mol. The van der Waals surface area contributed by atoms with Crippen molar-refractivity contribution in [3.8, 4) is 0 Å². The summed E-state index contributed by atoms with van der Waals surface area (Å²) in [5.74, 6) is -1.10. The number of aryl methyl sites for hydroxylation is 1. The molecule has 4 N–H and O–H groups in total. The van der Waals surface area contributed by atoms with Crippen molar-refractivity contribution in [1.29, 1.82) is 0 Å². The van der Waals surface area contributed by atoms with E-state index < -0.39 is 5.97 Å². The van der Waals surface area contributed by atoms with Gasteiger partial charge in [0.25, 0.3) is 0 Å². The molecule has 0 heterocycles. The summed E-state index contributed by atoms with van der Waals surface area (Å²) in [5.41, 5.74) is 7.27. The van der Waals surface area contributed by atoms with Crippen LogP contribution in [0.2, 0.25) is 0 Å².